The maximum absolute atomic E-state index is 12.7. The van der Waals surface area contributed by atoms with E-state index in [1.165, 1.54) is 18.2 Å². The summed E-state index contributed by atoms with van der Waals surface area (Å²) >= 11 is 0. The molecule has 0 unspecified atom stereocenters. The number of benzene rings is 1. The molecule has 4 rings (SSSR count). The summed E-state index contributed by atoms with van der Waals surface area (Å²) in [5, 5.41) is 9.06. The zero-order valence-corrected chi connectivity index (χ0v) is 11.7. The molecule has 4 atom stereocenters. The molecule has 6 nitrogen and oxygen atoms in total. The Morgan fingerprint density at radius 1 is 1.32 bits per heavy atom. The normalized spacial score (nSPS) is 35.3. The Labute approximate surface area is 126 Å². The van der Waals surface area contributed by atoms with E-state index in [0.29, 0.717) is 5.69 Å². The van der Waals surface area contributed by atoms with Gasteiger partial charge in [-0.3, -0.25) is 9.59 Å². The fourth-order valence-electron chi connectivity index (χ4n) is 3.69. The molecule has 3 aliphatic rings. The summed E-state index contributed by atoms with van der Waals surface area (Å²) in [6.45, 7) is 1.80. The molecule has 1 N–H and O–H groups in total. The van der Waals surface area contributed by atoms with Crippen LogP contribution in [0.4, 0.5) is 5.69 Å². The number of anilines is 1. The van der Waals surface area contributed by atoms with Crippen LogP contribution in [0.5, 0.6) is 0 Å². The van der Waals surface area contributed by atoms with Crippen molar-refractivity contribution in [2.75, 3.05) is 4.90 Å². The third-order valence-electron chi connectivity index (χ3n) is 4.68. The van der Waals surface area contributed by atoms with E-state index in [9.17, 15) is 14.4 Å². The molecule has 0 radical (unpaired) electrons. The van der Waals surface area contributed by atoms with Crippen molar-refractivity contribution < 1.29 is 24.2 Å². The molecular weight excluding hydrogens is 286 g/mol. The molecule has 6 heteroatoms. The molecule has 0 spiro atoms. The van der Waals surface area contributed by atoms with Gasteiger partial charge in [0.25, 0.3) is 0 Å². The smallest absolute Gasteiger partial charge is 0.335 e. The highest BCUT2D eigenvalue weighted by Gasteiger charge is 2.66. The molecule has 2 fully saturated rings. The van der Waals surface area contributed by atoms with Gasteiger partial charge < -0.3 is 9.84 Å². The van der Waals surface area contributed by atoms with E-state index in [0.717, 1.165) is 4.90 Å². The average molecular weight is 299 g/mol. The first-order chi connectivity index (χ1) is 10.4. The van der Waals surface area contributed by atoms with Crippen LogP contribution in [0.1, 0.15) is 17.3 Å². The number of carbonyl (C=O) groups excluding carboxylic acids is 2. The molecule has 0 saturated carbocycles. The summed E-state index contributed by atoms with van der Waals surface area (Å²) in [5.41, 5.74) is -0.410. The molecule has 3 aliphatic heterocycles. The van der Waals surface area contributed by atoms with Gasteiger partial charge in [0.05, 0.1) is 34.8 Å². The van der Waals surface area contributed by atoms with Gasteiger partial charge in [0, 0.05) is 0 Å². The molecular formula is C16H13NO5. The lowest BCUT2D eigenvalue weighted by Gasteiger charge is -2.24. The van der Waals surface area contributed by atoms with Crippen LogP contribution in [-0.2, 0) is 14.3 Å². The van der Waals surface area contributed by atoms with Gasteiger partial charge in [0.1, 0.15) is 0 Å². The minimum Gasteiger partial charge on any atom is -0.478 e. The van der Waals surface area contributed by atoms with Crippen LogP contribution in [0.3, 0.4) is 0 Å². The number of hydrogen-bond acceptors (Lipinski definition) is 4. The average Bonchev–Trinajstić information content (AvgIpc) is 3.08. The van der Waals surface area contributed by atoms with E-state index < -0.39 is 23.4 Å². The molecule has 2 amide bonds. The van der Waals surface area contributed by atoms with Crippen LogP contribution in [0.25, 0.3) is 0 Å². The molecule has 22 heavy (non-hydrogen) atoms. The molecule has 0 aromatic heterocycles. The molecule has 2 saturated heterocycles. The highest BCUT2D eigenvalue weighted by molar-refractivity contribution is 6.23. The lowest BCUT2D eigenvalue weighted by atomic mass is 9.78. The van der Waals surface area contributed by atoms with Gasteiger partial charge in [0.2, 0.25) is 11.8 Å². The monoisotopic (exact) mass is 299 g/mol. The number of amides is 2. The number of carbonyl (C=O) groups is 3. The molecule has 2 bridgehead atoms. The van der Waals surface area contributed by atoms with Gasteiger partial charge in [-0.1, -0.05) is 18.2 Å². The molecule has 1 aromatic carbocycles. The van der Waals surface area contributed by atoms with Crippen molar-refractivity contribution >= 4 is 23.5 Å². The Kier molecular flexibility index (Phi) is 2.43. The van der Waals surface area contributed by atoms with Crippen molar-refractivity contribution in [2.24, 2.45) is 11.8 Å². The van der Waals surface area contributed by atoms with Crippen molar-refractivity contribution in [2.45, 2.75) is 18.6 Å². The van der Waals surface area contributed by atoms with Crippen molar-refractivity contribution in [3.63, 3.8) is 0 Å². The lowest BCUT2D eigenvalue weighted by molar-refractivity contribution is -0.126. The first-order valence-corrected chi connectivity index (χ1v) is 7.01. The number of imide groups is 1. The van der Waals surface area contributed by atoms with E-state index in [1.807, 2.05) is 12.2 Å². The van der Waals surface area contributed by atoms with E-state index in [4.69, 9.17) is 9.84 Å². The van der Waals surface area contributed by atoms with E-state index >= 15 is 0 Å². The topological polar surface area (TPSA) is 83.9 Å². The summed E-state index contributed by atoms with van der Waals surface area (Å²) in [6.07, 6.45) is 3.28. The van der Waals surface area contributed by atoms with E-state index in [-0.39, 0.29) is 23.5 Å². The lowest BCUT2D eigenvalue weighted by Crippen LogP contribution is -2.38. The number of ether oxygens (including phenoxy) is 1. The fraction of sp³-hybridized carbons (Fsp3) is 0.312. The quantitative estimate of drug-likeness (QED) is 0.655. The maximum Gasteiger partial charge on any atom is 0.335 e. The van der Waals surface area contributed by atoms with Crippen LogP contribution < -0.4 is 4.90 Å². The standard InChI is InChI=1S/C16H13NO5/c1-16-6-5-10(22-16)11-12(16)14(19)17(13(11)18)9-4-2-3-8(7-9)15(20)21/h2-7,10-12H,1H3,(H,20,21)/t10-,11+,12-,16+/m1/s1. The predicted molar refractivity (Wildman–Crippen MR) is 75.3 cm³/mol. The third kappa shape index (κ3) is 1.50. The fourth-order valence-corrected chi connectivity index (χ4v) is 3.69. The molecule has 1 aromatic rings. The summed E-state index contributed by atoms with van der Waals surface area (Å²) in [6, 6.07) is 5.87. The van der Waals surface area contributed by atoms with Gasteiger partial charge in [-0.05, 0) is 25.1 Å². The van der Waals surface area contributed by atoms with Crippen LogP contribution in [-0.4, -0.2) is 34.6 Å². The zero-order valence-electron chi connectivity index (χ0n) is 11.7. The highest BCUT2D eigenvalue weighted by Crippen LogP contribution is 2.52. The summed E-state index contributed by atoms with van der Waals surface area (Å²) in [7, 11) is 0. The minimum absolute atomic E-state index is 0.0405. The van der Waals surface area contributed by atoms with Crippen LogP contribution in [0, 0.1) is 11.8 Å². The second kappa shape index (κ2) is 4.04. The van der Waals surface area contributed by atoms with E-state index in [1.54, 1.807) is 13.0 Å². The second-order valence-electron chi connectivity index (χ2n) is 6.00. The Hall–Kier alpha value is -2.47. The van der Waals surface area contributed by atoms with E-state index in [2.05, 4.69) is 0 Å². The van der Waals surface area contributed by atoms with Crippen molar-refractivity contribution in [1.29, 1.82) is 0 Å². The summed E-state index contributed by atoms with van der Waals surface area (Å²) in [4.78, 5) is 37.5. The number of fused-ring (bicyclic) bond motifs is 5. The highest BCUT2D eigenvalue weighted by atomic mass is 16.5. The Balaban J connectivity index is 1.77. The van der Waals surface area contributed by atoms with Crippen molar-refractivity contribution in [3.8, 4) is 0 Å². The predicted octanol–water partition coefficient (Wildman–Crippen LogP) is 1.22. The second-order valence-corrected chi connectivity index (χ2v) is 6.00. The Morgan fingerprint density at radius 3 is 2.77 bits per heavy atom. The van der Waals surface area contributed by atoms with Gasteiger partial charge in [-0.2, -0.15) is 0 Å². The van der Waals surface area contributed by atoms with Gasteiger partial charge in [0.15, 0.2) is 0 Å². The Morgan fingerprint density at radius 2 is 2.09 bits per heavy atom. The number of carboxylic acid groups (broad SMARTS) is 1. The number of hydrogen-bond donors (Lipinski definition) is 1. The first-order valence-electron chi connectivity index (χ1n) is 7.01. The van der Waals surface area contributed by atoms with Crippen molar-refractivity contribution in [1.82, 2.24) is 0 Å². The molecule has 0 aliphatic carbocycles. The molecule has 3 heterocycles. The van der Waals surface area contributed by atoms with Gasteiger partial charge in [-0.15, -0.1) is 0 Å². The molecule has 112 valence electrons. The maximum atomic E-state index is 12.7. The first kappa shape index (κ1) is 13.2. The third-order valence-corrected chi connectivity index (χ3v) is 4.68. The number of carboxylic acids is 1. The SMILES string of the molecule is C[C@@]12C=C[C@@H](O1)[C@@H]1C(=O)N(c3cccc(C(=O)O)c3)C(=O)[C@@H]12. The minimum atomic E-state index is -1.10. The van der Waals surface area contributed by atoms with Crippen LogP contribution >= 0.6 is 0 Å². The Bertz CT molecular complexity index is 755. The zero-order chi connectivity index (χ0) is 15.6. The number of aromatic carboxylic acids is 1. The van der Waals surface area contributed by atoms with Gasteiger partial charge in [-0.25, -0.2) is 9.69 Å². The van der Waals surface area contributed by atoms with Crippen molar-refractivity contribution in [3.05, 3.63) is 42.0 Å². The number of rotatable bonds is 2. The van der Waals surface area contributed by atoms with Gasteiger partial charge >= 0.3 is 5.97 Å². The van der Waals surface area contributed by atoms with Crippen LogP contribution in [0.2, 0.25) is 0 Å². The van der Waals surface area contributed by atoms with Crippen LogP contribution in [0.15, 0.2) is 36.4 Å². The largest absolute Gasteiger partial charge is 0.478 e. The number of nitrogens with zero attached hydrogens (tertiary/aromatic N) is 1. The summed E-state index contributed by atoms with van der Waals surface area (Å²) in [5.74, 6) is -2.81. The summed E-state index contributed by atoms with van der Waals surface area (Å²) < 4.78 is 5.74.